The first-order chi connectivity index (χ1) is 12.9. The Labute approximate surface area is 163 Å². The average Bonchev–Trinajstić information content (AvgIpc) is 3.20. The minimum atomic E-state index is -1.02. The second-order valence-corrected chi connectivity index (χ2v) is 8.99. The van der Waals surface area contributed by atoms with Gasteiger partial charge in [0.05, 0.1) is 5.69 Å². The molecular formula is C20H26N3O3S+. The van der Waals surface area contributed by atoms with E-state index in [-0.39, 0.29) is 29.8 Å². The van der Waals surface area contributed by atoms with Crippen molar-refractivity contribution in [3.8, 4) is 0 Å². The quantitative estimate of drug-likeness (QED) is 0.765. The van der Waals surface area contributed by atoms with Crippen LogP contribution in [0.15, 0.2) is 24.3 Å². The number of rotatable bonds is 4. The third-order valence-corrected chi connectivity index (χ3v) is 7.00. The number of fused-ring (bicyclic) bond motifs is 4. The Bertz CT molecular complexity index is 826. The standard InChI is InChI=1S/C20H25N3O3S/c1-11(2)23-17(24)15-13(9-10-27-4)21-20(16(15)18(23)25)12-7-5-6-8-14(12)22(3)19(20)26/h5-8,11,13,15-16,21H,9-10H2,1-4H3/p+1. The first-order valence-electron chi connectivity index (χ1n) is 9.45. The Kier molecular flexibility index (Phi) is 4.35. The van der Waals surface area contributed by atoms with E-state index in [0.717, 1.165) is 23.4 Å². The number of carbonyl (C=O) groups excluding carboxylic acids is 3. The van der Waals surface area contributed by atoms with Gasteiger partial charge in [0.1, 0.15) is 17.9 Å². The van der Waals surface area contributed by atoms with Gasteiger partial charge in [0.15, 0.2) is 0 Å². The summed E-state index contributed by atoms with van der Waals surface area (Å²) in [6, 6.07) is 7.41. The maximum atomic E-state index is 13.5. The van der Waals surface area contributed by atoms with Gasteiger partial charge in [-0.2, -0.15) is 11.8 Å². The van der Waals surface area contributed by atoms with E-state index in [1.807, 2.05) is 49.7 Å². The van der Waals surface area contributed by atoms with Crippen molar-refractivity contribution in [1.82, 2.24) is 4.90 Å². The SMILES string of the molecule is CSCCC1[NH2+]C2(C(=O)N(C)c3ccccc32)C2C(=O)N(C(C)C)C(=O)C12. The molecule has 0 bridgehead atoms. The number of para-hydroxylation sites is 1. The number of quaternary nitrogens is 1. The Morgan fingerprint density at radius 2 is 1.89 bits per heavy atom. The van der Waals surface area contributed by atoms with Gasteiger partial charge in [-0.25, -0.2) is 0 Å². The molecule has 4 rings (SSSR count). The van der Waals surface area contributed by atoms with Crippen LogP contribution in [0, 0.1) is 11.8 Å². The Balaban J connectivity index is 1.88. The van der Waals surface area contributed by atoms with Crippen molar-refractivity contribution in [2.45, 2.75) is 37.9 Å². The molecule has 144 valence electrons. The number of likely N-dealkylation sites (N-methyl/N-ethyl adjacent to an activating group) is 1. The van der Waals surface area contributed by atoms with Crippen LogP contribution in [0.5, 0.6) is 0 Å². The number of nitrogens with zero attached hydrogens (tertiary/aromatic N) is 2. The van der Waals surface area contributed by atoms with Crippen LogP contribution in [0.1, 0.15) is 25.8 Å². The van der Waals surface area contributed by atoms with Crippen LogP contribution in [0.3, 0.4) is 0 Å². The zero-order valence-electron chi connectivity index (χ0n) is 16.1. The summed E-state index contributed by atoms with van der Waals surface area (Å²) < 4.78 is 0. The largest absolute Gasteiger partial charge is 0.326 e. The van der Waals surface area contributed by atoms with Gasteiger partial charge in [0.25, 0.3) is 5.91 Å². The highest BCUT2D eigenvalue weighted by molar-refractivity contribution is 7.98. The van der Waals surface area contributed by atoms with E-state index in [2.05, 4.69) is 0 Å². The molecule has 4 atom stereocenters. The van der Waals surface area contributed by atoms with Crippen molar-refractivity contribution in [3.63, 3.8) is 0 Å². The lowest BCUT2D eigenvalue weighted by Crippen LogP contribution is -2.99. The highest BCUT2D eigenvalue weighted by Gasteiger charge is 2.74. The number of thioether (sulfide) groups is 1. The van der Waals surface area contributed by atoms with E-state index in [9.17, 15) is 14.4 Å². The van der Waals surface area contributed by atoms with Crippen LogP contribution < -0.4 is 10.2 Å². The number of imide groups is 1. The van der Waals surface area contributed by atoms with Crippen LogP contribution in [0.4, 0.5) is 5.69 Å². The van der Waals surface area contributed by atoms with Gasteiger partial charge >= 0.3 is 0 Å². The van der Waals surface area contributed by atoms with Crippen LogP contribution >= 0.6 is 11.8 Å². The monoisotopic (exact) mass is 388 g/mol. The molecule has 3 aliphatic heterocycles. The molecule has 0 aromatic heterocycles. The van der Waals surface area contributed by atoms with Crippen molar-refractivity contribution in [3.05, 3.63) is 29.8 Å². The Morgan fingerprint density at radius 3 is 2.56 bits per heavy atom. The average molecular weight is 389 g/mol. The lowest BCUT2D eigenvalue weighted by atomic mass is 9.76. The molecule has 0 aliphatic carbocycles. The third-order valence-electron chi connectivity index (χ3n) is 6.36. The second kappa shape index (κ2) is 6.34. The maximum Gasteiger partial charge on any atom is 0.293 e. The number of carbonyl (C=O) groups is 3. The number of anilines is 1. The van der Waals surface area contributed by atoms with E-state index in [0.29, 0.717) is 0 Å². The molecular weight excluding hydrogens is 362 g/mol. The molecule has 1 spiro atoms. The third kappa shape index (κ3) is 2.27. The van der Waals surface area contributed by atoms with E-state index >= 15 is 0 Å². The number of amides is 3. The molecule has 2 N–H and O–H groups in total. The maximum absolute atomic E-state index is 13.5. The van der Waals surface area contributed by atoms with E-state index < -0.39 is 17.4 Å². The van der Waals surface area contributed by atoms with Crippen LogP contribution in [-0.4, -0.2) is 53.8 Å². The minimum Gasteiger partial charge on any atom is -0.326 e. The van der Waals surface area contributed by atoms with Gasteiger partial charge in [-0.3, -0.25) is 19.3 Å². The highest BCUT2D eigenvalue weighted by atomic mass is 32.2. The fourth-order valence-electron chi connectivity index (χ4n) is 5.27. The molecule has 1 aromatic rings. The lowest BCUT2D eigenvalue weighted by Gasteiger charge is -2.28. The summed E-state index contributed by atoms with van der Waals surface area (Å²) in [6.45, 7) is 3.72. The van der Waals surface area contributed by atoms with Crippen LogP contribution in [0.25, 0.3) is 0 Å². The Hall–Kier alpha value is -1.86. The number of nitrogens with two attached hydrogens (primary N) is 1. The van der Waals surface area contributed by atoms with Crippen molar-refractivity contribution in [2.24, 2.45) is 11.8 Å². The normalized spacial score (nSPS) is 32.2. The first-order valence-corrected chi connectivity index (χ1v) is 10.8. The number of hydrogen-bond donors (Lipinski definition) is 1. The van der Waals surface area contributed by atoms with Crippen LogP contribution in [0.2, 0.25) is 0 Å². The molecule has 2 saturated heterocycles. The summed E-state index contributed by atoms with van der Waals surface area (Å²) >= 11 is 1.72. The summed E-state index contributed by atoms with van der Waals surface area (Å²) in [5.41, 5.74) is 0.687. The fourth-order valence-corrected chi connectivity index (χ4v) is 5.78. The van der Waals surface area contributed by atoms with Gasteiger partial charge in [0, 0.05) is 25.1 Å². The summed E-state index contributed by atoms with van der Waals surface area (Å²) in [7, 11) is 1.76. The second-order valence-electron chi connectivity index (χ2n) is 8.01. The topological polar surface area (TPSA) is 74.3 Å². The Morgan fingerprint density at radius 1 is 1.19 bits per heavy atom. The summed E-state index contributed by atoms with van der Waals surface area (Å²) in [6.07, 6.45) is 2.84. The van der Waals surface area contributed by atoms with E-state index in [1.54, 1.807) is 23.7 Å². The lowest BCUT2D eigenvalue weighted by molar-refractivity contribution is -0.733. The van der Waals surface area contributed by atoms with Gasteiger partial charge in [-0.05, 0) is 31.9 Å². The van der Waals surface area contributed by atoms with Crippen molar-refractivity contribution >= 4 is 35.2 Å². The number of likely N-dealkylation sites (tertiary alicyclic amines) is 1. The van der Waals surface area contributed by atoms with Crippen LogP contribution in [-0.2, 0) is 19.9 Å². The molecule has 1 aromatic carbocycles. The van der Waals surface area contributed by atoms with Gasteiger partial charge in [-0.15, -0.1) is 0 Å². The molecule has 27 heavy (non-hydrogen) atoms. The zero-order chi connectivity index (χ0) is 19.5. The highest BCUT2D eigenvalue weighted by Crippen LogP contribution is 2.51. The van der Waals surface area contributed by atoms with Crippen molar-refractivity contribution < 1.29 is 19.7 Å². The van der Waals surface area contributed by atoms with Crippen molar-refractivity contribution in [1.29, 1.82) is 0 Å². The molecule has 0 saturated carbocycles. The summed E-state index contributed by atoms with van der Waals surface area (Å²) in [5.74, 6) is -0.555. The van der Waals surface area contributed by atoms with Gasteiger partial charge in [0.2, 0.25) is 17.4 Å². The van der Waals surface area contributed by atoms with Gasteiger partial charge < -0.3 is 10.2 Å². The molecule has 2 fully saturated rings. The van der Waals surface area contributed by atoms with E-state index in [4.69, 9.17) is 0 Å². The molecule has 3 heterocycles. The molecule has 6 nitrogen and oxygen atoms in total. The first kappa shape index (κ1) is 18.5. The number of benzene rings is 1. The predicted octanol–water partition coefficient (Wildman–Crippen LogP) is 0.567. The fraction of sp³-hybridized carbons (Fsp3) is 0.550. The minimum absolute atomic E-state index is 0.0637. The van der Waals surface area contributed by atoms with Gasteiger partial charge in [-0.1, -0.05) is 18.2 Å². The number of hydrogen-bond acceptors (Lipinski definition) is 4. The smallest absolute Gasteiger partial charge is 0.293 e. The summed E-state index contributed by atoms with van der Waals surface area (Å²) in [5, 5.41) is 2.04. The predicted molar refractivity (Wildman–Crippen MR) is 104 cm³/mol. The molecule has 3 aliphatic rings. The molecule has 0 radical (unpaired) electrons. The summed E-state index contributed by atoms with van der Waals surface area (Å²) in [4.78, 5) is 43.1. The van der Waals surface area contributed by atoms with E-state index in [1.165, 1.54) is 4.90 Å². The molecule has 3 amide bonds. The molecule has 7 heteroatoms. The van der Waals surface area contributed by atoms with Crippen molar-refractivity contribution in [2.75, 3.05) is 24.0 Å². The zero-order valence-corrected chi connectivity index (χ0v) is 17.0. The molecule has 4 unspecified atom stereocenters.